The van der Waals surface area contributed by atoms with Gasteiger partial charge in [0.05, 0.1) is 17.5 Å². The summed E-state index contributed by atoms with van der Waals surface area (Å²) in [6.45, 7) is 12.1. The second-order valence-electron chi connectivity index (χ2n) is 7.45. The molecule has 0 spiro atoms. The van der Waals surface area contributed by atoms with E-state index in [-0.39, 0.29) is 46.9 Å². The molecule has 0 amide bonds. The van der Waals surface area contributed by atoms with Crippen molar-refractivity contribution in [2.45, 2.75) is 45.6 Å². The van der Waals surface area contributed by atoms with Crippen molar-refractivity contribution < 1.29 is 13.2 Å². The number of aryl methyl sites for hydroxylation is 1. The van der Waals surface area contributed by atoms with Crippen molar-refractivity contribution in [1.29, 1.82) is 0 Å². The van der Waals surface area contributed by atoms with Crippen molar-refractivity contribution in [2.75, 3.05) is 33.3 Å². The van der Waals surface area contributed by atoms with Crippen LogP contribution in [0.1, 0.15) is 33.3 Å². The molecule has 1 unspecified atom stereocenters. The van der Waals surface area contributed by atoms with E-state index in [1.807, 2.05) is 13.8 Å². The van der Waals surface area contributed by atoms with Gasteiger partial charge in [0, 0.05) is 26.7 Å². The summed E-state index contributed by atoms with van der Waals surface area (Å²) in [5.74, 6) is 0.637. The first-order valence-corrected chi connectivity index (χ1v) is 10.7. The number of methoxy groups -OCH3 is 1. The first-order valence-electron chi connectivity index (χ1n) is 9.21. The molecule has 0 saturated carbocycles. The summed E-state index contributed by atoms with van der Waals surface area (Å²) in [5, 5.41) is 6.30. The number of guanidine groups is 1. The standard InChI is InChI=1S/C19H34N4O3S.HI/c1-7-20-18(22-14-17(26-6)19(3,4)5)21-12-13-23-27(24,25)16-10-8-15(2)9-11-16;/h8-11,17,23H,7,12-14H2,1-6H3,(H2,20,21,22);1H. The highest BCUT2D eigenvalue weighted by Gasteiger charge is 2.24. The molecule has 0 radical (unpaired) electrons. The molecule has 1 aromatic carbocycles. The largest absolute Gasteiger partial charge is 0.379 e. The number of aliphatic imine (C=N–C) groups is 1. The number of nitrogens with zero attached hydrogens (tertiary/aromatic N) is 1. The summed E-state index contributed by atoms with van der Waals surface area (Å²) in [4.78, 5) is 4.81. The van der Waals surface area contributed by atoms with Gasteiger partial charge in [0.25, 0.3) is 0 Å². The Kier molecular flexibility index (Phi) is 12.2. The van der Waals surface area contributed by atoms with Gasteiger partial charge in [-0.3, -0.25) is 4.99 Å². The summed E-state index contributed by atoms with van der Waals surface area (Å²) in [6, 6.07) is 6.77. The minimum Gasteiger partial charge on any atom is -0.379 e. The monoisotopic (exact) mass is 526 g/mol. The van der Waals surface area contributed by atoms with Crippen LogP contribution in [0.15, 0.2) is 34.2 Å². The van der Waals surface area contributed by atoms with Gasteiger partial charge in [-0.1, -0.05) is 38.5 Å². The predicted octanol–water partition coefficient (Wildman–Crippen LogP) is 2.51. The Balaban J connectivity index is 0.00000729. The fraction of sp³-hybridized carbons (Fsp3) is 0.632. The molecule has 9 heteroatoms. The molecule has 0 saturated heterocycles. The zero-order valence-corrected chi connectivity index (χ0v) is 20.9. The number of hydrogen-bond acceptors (Lipinski definition) is 4. The molecule has 0 fully saturated rings. The molecule has 28 heavy (non-hydrogen) atoms. The Morgan fingerprint density at radius 2 is 1.75 bits per heavy atom. The molecule has 0 aliphatic heterocycles. The Hall–Kier alpha value is -0.910. The summed E-state index contributed by atoms with van der Waals surface area (Å²) < 4.78 is 32.7. The molecule has 0 aliphatic rings. The Morgan fingerprint density at radius 3 is 2.25 bits per heavy atom. The maximum atomic E-state index is 12.3. The Bertz CT molecular complexity index is 701. The van der Waals surface area contributed by atoms with Gasteiger partial charge in [0.15, 0.2) is 5.96 Å². The van der Waals surface area contributed by atoms with Crippen molar-refractivity contribution in [3.8, 4) is 0 Å². The molecule has 0 aliphatic carbocycles. The van der Waals surface area contributed by atoms with Crippen LogP contribution in [0.4, 0.5) is 0 Å². The zero-order valence-electron chi connectivity index (χ0n) is 17.7. The molecule has 1 rings (SSSR count). The summed E-state index contributed by atoms with van der Waals surface area (Å²) >= 11 is 0. The number of halogens is 1. The van der Waals surface area contributed by atoms with E-state index in [1.54, 1.807) is 31.4 Å². The lowest BCUT2D eigenvalue weighted by Gasteiger charge is -2.28. The average molecular weight is 526 g/mol. The number of sulfonamides is 1. The van der Waals surface area contributed by atoms with Crippen LogP contribution >= 0.6 is 24.0 Å². The third kappa shape index (κ3) is 9.53. The van der Waals surface area contributed by atoms with E-state index in [2.05, 4.69) is 41.1 Å². The third-order valence-electron chi connectivity index (χ3n) is 4.05. The van der Waals surface area contributed by atoms with Crippen LogP contribution in [0.5, 0.6) is 0 Å². The molecule has 162 valence electrons. The predicted molar refractivity (Wildman–Crippen MR) is 126 cm³/mol. The smallest absolute Gasteiger partial charge is 0.240 e. The Labute approximate surface area is 187 Å². The van der Waals surface area contributed by atoms with Crippen LogP contribution in [0, 0.1) is 12.3 Å². The number of ether oxygens (including phenoxy) is 1. The molecule has 7 nitrogen and oxygen atoms in total. The van der Waals surface area contributed by atoms with Crippen molar-refractivity contribution in [3.05, 3.63) is 29.8 Å². The minimum atomic E-state index is -3.51. The maximum Gasteiger partial charge on any atom is 0.240 e. The fourth-order valence-electron chi connectivity index (χ4n) is 2.38. The van der Waals surface area contributed by atoms with Crippen molar-refractivity contribution >= 4 is 40.0 Å². The van der Waals surface area contributed by atoms with Crippen molar-refractivity contribution in [1.82, 2.24) is 15.4 Å². The second-order valence-corrected chi connectivity index (χ2v) is 9.21. The molecular formula is C19H35IN4O3S. The van der Waals surface area contributed by atoms with Crippen LogP contribution in [0.3, 0.4) is 0 Å². The number of rotatable bonds is 9. The lowest BCUT2D eigenvalue weighted by Crippen LogP contribution is -2.42. The van der Waals surface area contributed by atoms with Gasteiger partial charge < -0.3 is 15.4 Å². The molecule has 1 atom stereocenters. The molecule has 0 heterocycles. The highest BCUT2D eigenvalue weighted by molar-refractivity contribution is 14.0. The number of hydrogen-bond donors (Lipinski definition) is 3. The zero-order chi connectivity index (χ0) is 20.5. The van der Waals surface area contributed by atoms with E-state index < -0.39 is 10.0 Å². The molecular weight excluding hydrogens is 491 g/mol. The van der Waals surface area contributed by atoms with Crippen molar-refractivity contribution in [3.63, 3.8) is 0 Å². The molecule has 0 aromatic heterocycles. The lowest BCUT2D eigenvalue weighted by molar-refractivity contribution is 0.0241. The van der Waals surface area contributed by atoms with Crippen molar-refractivity contribution in [2.24, 2.45) is 10.4 Å². The van der Waals surface area contributed by atoms with Gasteiger partial charge in [-0.05, 0) is 31.4 Å². The minimum absolute atomic E-state index is 0. The summed E-state index contributed by atoms with van der Waals surface area (Å²) in [7, 11) is -1.82. The van der Waals surface area contributed by atoms with E-state index in [0.717, 1.165) is 5.56 Å². The first kappa shape index (κ1) is 27.1. The third-order valence-corrected chi connectivity index (χ3v) is 5.53. The van der Waals surface area contributed by atoms with Gasteiger partial charge in [-0.2, -0.15) is 0 Å². The highest BCUT2D eigenvalue weighted by Crippen LogP contribution is 2.21. The molecule has 3 N–H and O–H groups in total. The van der Waals surface area contributed by atoms with Crippen LogP contribution in [-0.2, 0) is 14.8 Å². The number of nitrogens with one attached hydrogen (secondary N) is 3. The van der Waals surface area contributed by atoms with E-state index in [0.29, 0.717) is 25.6 Å². The molecule has 0 bridgehead atoms. The van der Waals surface area contributed by atoms with Crippen LogP contribution in [0.25, 0.3) is 0 Å². The normalized spacial score (nSPS) is 13.6. The van der Waals surface area contributed by atoms with E-state index >= 15 is 0 Å². The van der Waals surface area contributed by atoms with Crippen LogP contribution < -0.4 is 15.4 Å². The molecule has 1 aromatic rings. The van der Waals surface area contributed by atoms with Gasteiger partial charge >= 0.3 is 0 Å². The Morgan fingerprint density at radius 1 is 1.14 bits per heavy atom. The SMILES string of the molecule is CCNC(=NCC(OC)C(C)(C)C)NCCNS(=O)(=O)c1ccc(C)cc1.I. The van der Waals surface area contributed by atoms with E-state index in [4.69, 9.17) is 4.74 Å². The summed E-state index contributed by atoms with van der Waals surface area (Å²) in [6.07, 6.45) is -0.00648. The fourth-order valence-corrected chi connectivity index (χ4v) is 3.42. The van der Waals surface area contributed by atoms with Gasteiger partial charge in [0.1, 0.15) is 0 Å². The van der Waals surface area contributed by atoms with E-state index in [1.165, 1.54) is 0 Å². The second kappa shape index (κ2) is 12.6. The highest BCUT2D eigenvalue weighted by atomic mass is 127. The van der Waals surface area contributed by atoms with Crippen LogP contribution in [-0.4, -0.2) is 53.8 Å². The van der Waals surface area contributed by atoms with Gasteiger partial charge in [-0.15, -0.1) is 24.0 Å². The lowest BCUT2D eigenvalue weighted by atomic mass is 9.89. The van der Waals surface area contributed by atoms with Gasteiger partial charge in [0.2, 0.25) is 10.0 Å². The quantitative estimate of drug-likeness (QED) is 0.199. The average Bonchev–Trinajstić information content (AvgIpc) is 2.58. The first-order chi connectivity index (χ1) is 12.6. The maximum absolute atomic E-state index is 12.3. The van der Waals surface area contributed by atoms with Crippen LogP contribution in [0.2, 0.25) is 0 Å². The van der Waals surface area contributed by atoms with Gasteiger partial charge in [-0.25, -0.2) is 13.1 Å². The number of benzene rings is 1. The summed E-state index contributed by atoms with van der Waals surface area (Å²) in [5.41, 5.74) is 1.01. The topological polar surface area (TPSA) is 91.8 Å². The van der Waals surface area contributed by atoms with E-state index in [9.17, 15) is 8.42 Å².